The third kappa shape index (κ3) is 3.02. The standard InChI is InChI=1S/C12H13ClN2O4/c1-6-4-5-14-10(13)9(6)15-11(16)7-2-3-8(19-7)12(17)18/h4-5,7-8H,2-3H2,1H3,(H,15,16)(H,17,18)/t7-,8+/m0/s1. The summed E-state index contributed by atoms with van der Waals surface area (Å²) in [5.74, 6) is -1.45. The molecule has 2 N–H and O–H groups in total. The quantitative estimate of drug-likeness (QED) is 0.823. The van der Waals surface area contributed by atoms with E-state index in [0.717, 1.165) is 5.56 Å². The number of ether oxygens (including phenoxy) is 1. The molecule has 7 heteroatoms. The van der Waals surface area contributed by atoms with Gasteiger partial charge in [0.2, 0.25) is 0 Å². The van der Waals surface area contributed by atoms with Crippen LogP contribution in [-0.4, -0.2) is 34.2 Å². The Morgan fingerprint density at radius 1 is 1.47 bits per heavy atom. The van der Waals surface area contributed by atoms with Crippen LogP contribution in [0.4, 0.5) is 5.69 Å². The van der Waals surface area contributed by atoms with Gasteiger partial charge in [-0.1, -0.05) is 11.6 Å². The number of hydrogen-bond acceptors (Lipinski definition) is 4. The van der Waals surface area contributed by atoms with Crippen LogP contribution >= 0.6 is 11.6 Å². The van der Waals surface area contributed by atoms with Gasteiger partial charge >= 0.3 is 5.97 Å². The highest BCUT2D eigenvalue weighted by molar-refractivity contribution is 6.32. The Morgan fingerprint density at radius 2 is 2.16 bits per heavy atom. The summed E-state index contributed by atoms with van der Waals surface area (Å²) < 4.78 is 5.16. The smallest absolute Gasteiger partial charge is 0.332 e. The van der Waals surface area contributed by atoms with Crippen LogP contribution in [0.15, 0.2) is 12.3 Å². The zero-order valence-corrected chi connectivity index (χ0v) is 11.0. The predicted molar refractivity (Wildman–Crippen MR) is 68.1 cm³/mol. The van der Waals surface area contributed by atoms with Crippen molar-refractivity contribution < 1.29 is 19.4 Å². The zero-order valence-electron chi connectivity index (χ0n) is 10.2. The number of amides is 1. The summed E-state index contributed by atoms with van der Waals surface area (Å²) in [4.78, 5) is 26.6. The first-order valence-electron chi connectivity index (χ1n) is 5.79. The second kappa shape index (κ2) is 5.54. The van der Waals surface area contributed by atoms with Crippen molar-refractivity contribution in [2.75, 3.05) is 5.32 Å². The maximum absolute atomic E-state index is 12.0. The largest absolute Gasteiger partial charge is 0.479 e. The minimum absolute atomic E-state index is 0.195. The summed E-state index contributed by atoms with van der Waals surface area (Å²) in [5, 5.41) is 11.6. The summed E-state index contributed by atoms with van der Waals surface area (Å²) in [7, 11) is 0. The van der Waals surface area contributed by atoms with Gasteiger partial charge in [-0.15, -0.1) is 0 Å². The number of aryl methyl sites for hydroxylation is 1. The summed E-state index contributed by atoms with van der Waals surface area (Å²) in [6, 6.07) is 1.72. The summed E-state index contributed by atoms with van der Waals surface area (Å²) >= 11 is 5.90. The minimum Gasteiger partial charge on any atom is -0.479 e. The molecule has 0 bridgehead atoms. The number of carbonyl (C=O) groups excluding carboxylic acids is 1. The topological polar surface area (TPSA) is 88.5 Å². The molecule has 0 aromatic carbocycles. The molecule has 1 aromatic heterocycles. The van der Waals surface area contributed by atoms with Gasteiger partial charge in [-0.2, -0.15) is 0 Å². The lowest BCUT2D eigenvalue weighted by Crippen LogP contribution is -2.30. The number of aromatic nitrogens is 1. The van der Waals surface area contributed by atoms with Crippen molar-refractivity contribution in [2.45, 2.75) is 32.0 Å². The second-order valence-electron chi connectivity index (χ2n) is 4.31. The number of hydrogen-bond donors (Lipinski definition) is 2. The maximum atomic E-state index is 12.0. The molecule has 0 spiro atoms. The predicted octanol–water partition coefficient (Wildman–Crippen LogP) is 1.61. The van der Waals surface area contributed by atoms with Crippen LogP contribution < -0.4 is 5.32 Å². The van der Waals surface area contributed by atoms with Crippen molar-refractivity contribution >= 4 is 29.2 Å². The van der Waals surface area contributed by atoms with E-state index in [2.05, 4.69) is 10.3 Å². The van der Waals surface area contributed by atoms with Crippen LogP contribution in [-0.2, 0) is 14.3 Å². The zero-order chi connectivity index (χ0) is 14.0. The maximum Gasteiger partial charge on any atom is 0.332 e. The number of carboxylic acid groups (broad SMARTS) is 1. The van der Waals surface area contributed by atoms with Crippen LogP contribution in [0.25, 0.3) is 0 Å². The molecule has 0 aliphatic carbocycles. The highest BCUT2D eigenvalue weighted by Crippen LogP contribution is 2.25. The first kappa shape index (κ1) is 13.8. The molecule has 0 radical (unpaired) electrons. The molecule has 1 aliphatic heterocycles. The van der Waals surface area contributed by atoms with Crippen LogP contribution in [0.5, 0.6) is 0 Å². The van der Waals surface area contributed by atoms with Gasteiger partial charge in [-0.3, -0.25) is 4.79 Å². The van der Waals surface area contributed by atoms with E-state index in [1.165, 1.54) is 0 Å². The molecule has 0 unspecified atom stereocenters. The van der Waals surface area contributed by atoms with E-state index >= 15 is 0 Å². The van der Waals surface area contributed by atoms with E-state index in [0.29, 0.717) is 18.5 Å². The van der Waals surface area contributed by atoms with Crippen molar-refractivity contribution in [3.63, 3.8) is 0 Å². The van der Waals surface area contributed by atoms with Crippen molar-refractivity contribution in [1.29, 1.82) is 0 Å². The normalized spacial score (nSPS) is 22.2. The molecule has 1 aromatic rings. The van der Waals surface area contributed by atoms with E-state index in [-0.39, 0.29) is 5.15 Å². The number of aliphatic carboxylic acids is 1. The molecule has 2 heterocycles. The molecule has 2 atom stereocenters. The molecule has 6 nitrogen and oxygen atoms in total. The Kier molecular flexibility index (Phi) is 4.01. The van der Waals surface area contributed by atoms with E-state index in [4.69, 9.17) is 21.4 Å². The molecular formula is C12H13ClN2O4. The molecule has 1 saturated heterocycles. The van der Waals surface area contributed by atoms with E-state index in [1.807, 2.05) is 0 Å². The molecule has 102 valence electrons. The summed E-state index contributed by atoms with van der Waals surface area (Å²) in [6.45, 7) is 1.79. The molecule has 19 heavy (non-hydrogen) atoms. The van der Waals surface area contributed by atoms with Crippen molar-refractivity contribution in [3.8, 4) is 0 Å². The van der Waals surface area contributed by atoms with E-state index < -0.39 is 24.1 Å². The van der Waals surface area contributed by atoms with Crippen LogP contribution in [0.3, 0.4) is 0 Å². The molecule has 1 fully saturated rings. The fraction of sp³-hybridized carbons (Fsp3) is 0.417. The number of anilines is 1. The van der Waals surface area contributed by atoms with Crippen molar-refractivity contribution in [1.82, 2.24) is 4.98 Å². The van der Waals surface area contributed by atoms with E-state index in [1.54, 1.807) is 19.2 Å². The second-order valence-corrected chi connectivity index (χ2v) is 4.67. The highest BCUT2D eigenvalue weighted by atomic mass is 35.5. The first-order chi connectivity index (χ1) is 8.99. The van der Waals surface area contributed by atoms with Gasteiger partial charge in [0.1, 0.15) is 6.10 Å². The van der Waals surface area contributed by atoms with Crippen LogP contribution in [0.2, 0.25) is 5.15 Å². The summed E-state index contributed by atoms with van der Waals surface area (Å²) in [6.07, 6.45) is 0.560. The highest BCUT2D eigenvalue weighted by Gasteiger charge is 2.35. The fourth-order valence-electron chi connectivity index (χ4n) is 1.89. The number of rotatable bonds is 3. The first-order valence-corrected chi connectivity index (χ1v) is 6.17. The number of carbonyl (C=O) groups is 2. The Labute approximate surface area is 114 Å². The van der Waals surface area contributed by atoms with Crippen LogP contribution in [0.1, 0.15) is 18.4 Å². The molecule has 2 rings (SSSR count). The lowest BCUT2D eigenvalue weighted by molar-refractivity contribution is -0.150. The minimum atomic E-state index is -1.05. The number of pyridine rings is 1. The Balaban J connectivity index is 2.04. The van der Waals surface area contributed by atoms with Gasteiger partial charge in [-0.25, -0.2) is 9.78 Å². The third-order valence-corrected chi connectivity index (χ3v) is 3.24. The number of nitrogens with one attached hydrogen (secondary N) is 1. The van der Waals surface area contributed by atoms with Crippen molar-refractivity contribution in [3.05, 3.63) is 23.0 Å². The van der Waals surface area contributed by atoms with Gasteiger partial charge in [0.15, 0.2) is 11.3 Å². The molecular weight excluding hydrogens is 272 g/mol. The Bertz CT molecular complexity index is 500. The van der Waals surface area contributed by atoms with Gasteiger partial charge in [0.25, 0.3) is 5.91 Å². The third-order valence-electron chi connectivity index (χ3n) is 2.95. The lowest BCUT2D eigenvalue weighted by atomic mass is 10.2. The Hall–Kier alpha value is -1.66. The lowest BCUT2D eigenvalue weighted by Gasteiger charge is -2.13. The number of nitrogens with zero attached hydrogens (tertiary/aromatic N) is 1. The Morgan fingerprint density at radius 3 is 2.74 bits per heavy atom. The monoisotopic (exact) mass is 284 g/mol. The van der Waals surface area contributed by atoms with E-state index in [9.17, 15) is 9.59 Å². The van der Waals surface area contributed by atoms with Crippen LogP contribution in [0, 0.1) is 6.92 Å². The van der Waals surface area contributed by atoms with Gasteiger partial charge in [0.05, 0.1) is 5.69 Å². The SMILES string of the molecule is Cc1ccnc(Cl)c1NC(=O)[C@@H]1CC[C@H](C(=O)O)O1. The van der Waals surface area contributed by atoms with Gasteiger partial charge in [-0.05, 0) is 31.4 Å². The number of carboxylic acids is 1. The molecule has 1 aliphatic rings. The average Bonchev–Trinajstić information content (AvgIpc) is 2.83. The fourth-order valence-corrected chi connectivity index (χ4v) is 2.14. The number of halogens is 1. The summed E-state index contributed by atoms with van der Waals surface area (Å²) in [5.41, 5.74) is 1.21. The molecule has 1 amide bonds. The van der Waals surface area contributed by atoms with Crippen molar-refractivity contribution in [2.24, 2.45) is 0 Å². The molecule has 0 saturated carbocycles. The average molecular weight is 285 g/mol. The van der Waals surface area contributed by atoms with Gasteiger partial charge < -0.3 is 15.2 Å². The van der Waals surface area contributed by atoms with Gasteiger partial charge in [0, 0.05) is 6.20 Å².